The van der Waals surface area contributed by atoms with Crippen molar-refractivity contribution < 1.29 is 4.74 Å². The molecule has 2 rings (SSSR count). The summed E-state index contributed by atoms with van der Waals surface area (Å²) >= 11 is 0. The van der Waals surface area contributed by atoms with Crippen molar-refractivity contribution in [2.75, 3.05) is 6.54 Å². The average Bonchev–Trinajstić information content (AvgIpc) is 2.38. The molecular weight excluding hydrogens is 246 g/mol. The minimum Gasteiger partial charge on any atom is -0.374 e. The Labute approximate surface area is 125 Å². The standard InChI is InChI=1S/C18H35NO/c1-12(2)16-8-6-14(4)10-18(16)20-17-9-13(3)5-7-15(17)11-19/h12-18H,5-11,19H2,1-4H3. The predicted molar refractivity (Wildman–Crippen MR) is 85.6 cm³/mol. The summed E-state index contributed by atoms with van der Waals surface area (Å²) in [5.74, 6) is 3.72. The van der Waals surface area contributed by atoms with Gasteiger partial charge in [0.25, 0.3) is 0 Å². The van der Waals surface area contributed by atoms with Crippen LogP contribution in [0.25, 0.3) is 0 Å². The van der Waals surface area contributed by atoms with Crippen molar-refractivity contribution >= 4 is 0 Å². The van der Waals surface area contributed by atoms with Crippen LogP contribution in [0.3, 0.4) is 0 Å². The Morgan fingerprint density at radius 2 is 1.55 bits per heavy atom. The smallest absolute Gasteiger partial charge is 0.0621 e. The average molecular weight is 281 g/mol. The topological polar surface area (TPSA) is 35.2 Å². The summed E-state index contributed by atoms with van der Waals surface area (Å²) in [7, 11) is 0. The molecule has 118 valence electrons. The molecule has 0 saturated heterocycles. The van der Waals surface area contributed by atoms with Gasteiger partial charge < -0.3 is 10.5 Å². The number of hydrogen-bond donors (Lipinski definition) is 1. The van der Waals surface area contributed by atoms with E-state index in [1.54, 1.807) is 0 Å². The monoisotopic (exact) mass is 281 g/mol. The zero-order valence-electron chi connectivity index (χ0n) is 14.0. The van der Waals surface area contributed by atoms with Crippen LogP contribution in [-0.2, 0) is 4.74 Å². The number of rotatable bonds is 4. The summed E-state index contributed by atoms with van der Waals surface area (Å²) < 4.78 is 6.67. The second kappa shape index (κ2) is 7.26. The van der Waals surface area contributed by atoms with E-state index in [4.69, 9.17) is 10.5 Å². The Bertz CT molecular complexity index is 291. The van der Waals surface area contributed by atoms with Gasteiger partial charge in [0.2, 0.25) is 0 Å². The quantitative estimate of drug-likeness (QED) is 0.837. The van der Waals surface area contributed by atoms with Crippen LogP contribution in [-0.4, -0.2) is 18.8 Å². The molecule has 0 aromatic heterocycles. The van der Waals surface area contributed by atoms with Gasteiger partial charge in [-0.3, -0.25) is 0 Å². The molecular formula is C18H35NO. The molecule has 0 heterocycles. The fourth-order valence-corrected chi connectivity index (χ4v) is 4.32. The van der Waals surface area contributed by atoms with Crippen LogP contribution < -0.4 is 5.73 Å². The van der Waals surface area contributed by atoms with E-state index in [0.29, 0.717) is 18.1 Å². The second-order valence-corrected chi connectivity index (χ2v) is 7.95. The first-order valence-corrected chi connectivity index (χ1v) is 8.86. The lowest BCUT2D eigenvalue weighted by molar-refractivity contribution is -0.115. The second-order valence-electron chi connectivity index (χ2n) is 7.95. The van der Waals surface area contributed by atoms with Gasteiger partial charge in [-0.1, -0.05) is 40.5 Å². The van der Waals surface area contributed by atoms with Crippen LogP contribution in [0.1, 0.15) is 66.2 Å². The van der Waals surface area contributed by atoms with Gasteiger partial charge in [0.1, 0.15) is 0 Å². The molecule has 0 aromatic rings. The molecule has 2 heteroatoms. The maximum Gasteiger partial charge on any atom is 0.0621 e. The first-order valence-electron chi connectivity index (χ1n) is 8.86. The van der Waals surface area contributed by atoms with Crippen molar-refractivity contribution in [2.45, 2.75) is 78.4 Å². The van der Waals surface area contributed by atoms with Crippen LogP contribution in [0, 0.1) is 29.6 Å². The molecule has 0 radical (unpaired) electrons. The van der Waals surface area contributed by atoms with E-state index in [1.165, 1.54) is 38.5 Å². The van der Waals surface area contributed by atoms with Gasteiger partial charge in [0.15, 0.2) is 0 Å². The van der Waals surface area contributed by atoms with Gasteiger partial charge in [0.05, 0.1) is 12.2 Å². The van der Waals surface area contributed by atoms with Gasteiger partial charge in [0, 0.05) is 0 Å². The maximum atomic E-state index is 6.67. The van der Waals surface area contributed by atoms with Crippen LogP contribution in [0.4, 0.5) is 0 Å². The molecule has 0 aliphatic heterocycles. The minimum absolute atomic E-state index is 0.417. The van der Waals surface area contributed by atoms with Crippen molar-refractivity contribution in [3.63, 3.8) is 0 Å². The normalized spacial score (nSPS) is 42.9. The summed E-state index contributed by atoms with van der Waals surface area (Å²) in [6.45, 7) is 10.3. The Hall–Kier alpha value is -0.0800. The predicted octanol–water partition coefficient (Wildman–Crippen LogP) is 4.23. The molecule has 20 heavy (non-hydrogen) atoms. The summed E-state index contributed by atoms with van der Waals surface area (Å²) in [5, 5.41) is 0. The molecule has 2 fully saturated rings. The number of ether oxygens (including phenoxy) is 1. The SMILES string of the molecule is CC1CCC(CN)C(OC2CC(C)CCC2C(C)C)C1. The van der Waals surface area contributed by atoms with Gasteiger partial charge in [-0.15, -0.1) is 0 Å². The molecule has 2 N–H and O–H groups in total. The Morgan fingerprint density at radius 1 is 0.950 bits per heavy atom. The van der Waals surface area contributed by atoms with Crippen molar-refractivity contribution in [1.29, 1.82) is 0 Å². The molecule has 6 atom stereocenters. The van der Waals surface area contributed by atoms with Gasteiger partial charge in [-0.2, -0.15) is 0 Å². The Morgan fingerprint density at radius 3 is 2.15 bits per heavy atom. The first-order chi connectivity index (χ1) is 9.51. The summed E-state index contributed by atoms with van der Waals surface area (Å²) in [5.41, 5.74) is 5.99. The highest BCUT2D eigenvalue weighted by molar-refractivity contribution is 4.86. The van der Waals surface area contributed by atoms with Gasteiger partial charge >= 0.3 is 0 Å². The van der Waals surface area contributed by atoms with Crippen molar-refractivity contribution in [1.82, 2.24) is 0 Å². The first kappa shape index (κ1) is 16.3. The van der Waals surface area contributed by atoms with Crippen LogP contribution >= 0.6 is 0 Å². The number of nitrogens with two attached hydrogens (primary N) is 1. The van der Waals surface area contributed by atoms with E-state index in [2.05, 4.69) is 27.7 Å². The zero-order chi connectivity index (χ0) is 14.7. The highest BCUT2D eigenvalue weighted by Gasteiger charge is 2.36. The molecule has 2 saturated carbocycles. The lowest BCUT2D eigenvalue weighted by Crippen LogP contribution is -2.43. The lowest BCUT2D eigenvalue weighted by atomic mass is 9.74. The van der Waals surface area contributed by atoms with E-state index < -0.39 is 0 Å². The highest BCUT2D eigenvalue weighted by atomic mass is 16.5. The van der Waals surface area contributed by atoms with E-state index in [9.17, 15) is 0 Å². The molecule has 2 aliphatic carbocycles. The van der Waals surface area contributed by atoms with Gasteiger partial charge in [-0.25, -0.2) is 0 Å². The Kier molecular flexibility index (Phi) is 5.92. The fraction of sp³-hybridized carbons (Fsp3) is 1.00. The van der Waals surface area contributed by atoms with E-state index in [0.717, 1.165) is 30.2 Å². The Balaban J connectivity index is 2.00. The van der Waals surface area contributed by atoms with E-state index in [-0.39, 0.29) is 0 Å². The van der Waals surface area contributed by atoms with Gasteiger partial charge in [-0.05, 0) is 61.8 Å². The van der Waals surface area contributed by atoms with Crippen molar-refractivity contribution in [3.8, 4) is 0 Å². The third kappa shape index (κ3) is 3.98. The molecule has 0 bridgehead atoms. The molecule has 0 aromatic carbocycles. The maximum absolute atomic E-state index is 6.67. The number of hydrogen-bond acceptors (Lipinski definition) is 2. The summed E-state index contributed by atoms with van der Waals surface area (Å²) in [6.07, 6.45) is 8.68. The molecule has 0 spiro atoms. The largest absolute Gasteiger partial charge is 0.374 e. The molecule has 0 amide bonds. The van der Waals surface area contributed by atoms with E-state index >= 15 is 0 Å². The fourth-order valence-electron chi connectivity index (χ4n) is 4.32. The third-order valence-corrected chi connectivity index (χ3v) is 5.80. The summed E-state index contributed by atoms with van der Waals surface area (Å²) in [4.78, 5) is 0. The summed E-state index contributed by atoms with van der Waals surface area (Å²) in [6, 6.07) is 0. The molecule has 2 nitrogen and oxygen atoms in total. The zero-order valence-corrected chi connectivity index (χ0v) is 14.0. The lowest BCUT2D eigenvalue weighted by Gasteiger charge is -2.42. The van der Waals surface area contributed by atoms with Crippen LogP contribution in [0.15, 0.2) is 0 Å². The highest BCUT2D eigenvalue weighted by Crippen LogP contribution is 2.39. The van der Waals surface area contributed by atoms with Crippen LogP contribution in [0.5, 0.6) is 0 Å². The van der Waals surface area contributed by atoms with Crippen molar-refractivity contribution in [2.24, 2.45) is 35.3 Å². The minimum atomic E-state index is 0.417. The van der Waals surface area contributed by atoms with Crippen molar-refractivity contribution in [3.05, 3.63) is 0 Å². The third-order valence-electron chi connectivity index (χ3n) is 5.80. The van der Waals surface area contributed by atoms with E-state index in [1.807, 2.05) is 0 Å². The molecule has 6 unspecified atom stereocenters. The van der Waals surface area contributed by atoms with Crippen LogP contribution in [0.2, 0.25) is 0 Å². The molecule has 2 aliphatic rings.